The summed E-state index contributed by atoms with van der Waals surface area (Å²) in [5.74, 6) is -0.427. The fourth-order valence-corrected chi connectivity index (χ4v) is 3.11. The predicted octanol–water partition coefficient (Wildman–Crippen LogP) is 3.42. The minimum absolute atomic E-state index is 0.234. The summed E-state index contributed by atoms with van der Waals surface area (Å²) in [6, 6.07) is 12.7. The van der Waals surface area contributed by atoms with Crippen molar-refractivity contribution in [3.05, 3.63) is 59.0 Å². The van der Waals surface area contributed by atoms with Crippen molar-refractivity contribution >= 4 is 38.8 Å². The number of ether oxygens (including phenoxy) is 1. The minimum atomic E-state index is -0.427. The van der Waals surface area contributed by atoms with Crippen LogP contribution in [0, 0.1) is 0 Å². The average molecular weight is 298 g/mol. The number of hydrogen-bond acceptors (Lipinski definition) is 5. The standard InChI is InChI=1S/C16H14N2O2S/c17-12-5-10(6-13(18)7-12)16(19)20-8-11-9-21-15-4-2-1-3-14(11)15/h1-7,9H,8,17-18H2. The van der Waals surface area contributed by atoms with Crippen LogP contribution in [0.15, 0.2) is 47.8 Å². The molecule has 4 nitrogen and oxygen atoms in total. The number of rotatable bonds is 3. The molecule has 0 spiro atoms. The van der Waals surface area contributed by atoms with E-state index in [2.05, 4.69) is 0 Å². The molecule has 5 heteroatoms. The van der Waals surface area contributed by atoms with Crippen molar-refractivity contribution in [2.24, 2.45) is 0 Å². The molecule has 0 saturated carbocycles. The number of anilines is 2. The van der Waals surface area contributed by atoms with E-state index in [4.69, 9.17) is 16.2 Å². The van der Waals surface area contributed by atoms with Crippen molar-refractivity contribution in [3.8, 4) is 0 Å². The molecule has 4 N–H and O–H groups in total. The molecular formula is C16H14N2O2S. The van der Waals surface area contributed by atoms with Crippen molar-refractivity contribution in [1.29, 1.82) is 0 Å². The molecule has 3 aromatic rings. The number of nitrogens with two attached hydrogens (primary N) is 2. The highest BCUT2D eigenvalue weighted by molar-refractivity contribution is 7.17. The van der Waals surface area contributed by atoms with Crippen LogP contribution in [0.1, 0.15) is 15.9 Å². The average Bonchev–Trinajstić information content (AvgIpc) is 2.87. The second-order valence-corrected chi connectivity index (χ2v) is 5.63. The smallest absolute Gasteiger partial charge is 0.338 e. The van der Waals surface area contributed by atoms with E-state index in [-0.39, 0.29) is 6.61 Å². The fraction of sp³-hybridized carbons (Fsp3) is 0.0625. The molecule has 0 aliphatic carbocycles. The Morgan fingerprint density at radius 3 is 2.57 bits per heavy atom. The summed E-state index contributed by atoms with van der Waals surface area (Å²) < 4.78 is 6.52. The second kappa shape index (κ2) is 5.46. The molecule has 1 heterocycles. The topological polar surface area (TPSA) is 78.3 Å². The fourth-order valence-electron chi connectivity index (χ4n) is 2.17. The molecule has 0 aliphatic heterocycles. The van der Waals surface area contributed by atoms with Crippen molar-refractivity contribution in [1.82, 2.24) is 0 Å². The largest absolute Gasteiger partial charge is 0.457 e. The van der Waals surface area contributed by atoms with Gasteiger partial charge in [0.05, 0.1) is 5.56 Å². The van der Waals surface area contributed by atoms with Gasteiger partial charge in [-0.15, -0.1) is 11.3 Å². The lowest BCUT2D eigenvalue weighted by Crippen LogP contribution is -2.06. The van der Waals surface area contributed by atoms with Gasteiger partial charge in [0.25, 0.3) is 0 Å². The molecule has 0 amide bonds. The molecule has 21 heavy (non-hydrogen) atoms. The SMILES string of the molecule is Nc1cc(N)cc(C(=O)OCc2csc3ccccc23)c1. The number of nitrogen functional groups attached to an aromatic ring is 2. The van der Waals surface area contributed by atoms with Crippen LogP contribution in [0.3, 0.4) is 0 Å². The number of carbonyl (C=O) groups is 1. The summed E-state index contributed by atoms with van der Waals surface area (Å²) in [4.78, 5) is 12.1. The van der Waals surface area contributed by atoms with Crippen molar-refractivity contribution in [2.45, 2.75) is 6.61 Å². The molecule has 0 aliphatic rings. The minimum Gasteiger partial charge on any atom is -0.457 e. The van der Waals surface area contributed by atoms with E-state index in [9.17, 15) is 4.79 Å². The van der Waals surface area contributed by atoms with Crippen LogP contribution in [0.4, 0.5) is 11.4 Å². The molecule has 0 atom stereocenters. The maximum absolute atomic E-state index is 12.1. The van der Waals surface area contributed by atoms with Gasteiger partial charge in [0, 0.05) is 21.6 Å². The van der Waals surface area contributed by atoms with Crippen LogP contribution >= 0.6 is 11.3 Å². The third kappa shape index (κ3) is 2.83. The van der Waals surface area contributed by atoms with E-state index in [0.29, 0.717) is 16.9 Å². The normalized spacial score (nSPS) is 10.7. The molecule has 0 fully saturated rings. The van der Waals surface area contributed by atoms with Gasteiger partial charge in [0.2, 0.25) is 0 Å². The molecule has 0 radical (unpaired) electrons. The Balaban J connectivity index is 1.76. The maximum atomic E-state index is 12.1. The lowest BCUT2D eigenvalue weighted by molar-refractivity contribution is 0.0475. The van der Waals surface area contributed by atoms with E-state index in [1.54, 1.807) is 29.5 Å². The summed E-state index contributed by atoms with van der Waals surface area (Å²) in [5, 5.41) is 3.12. The van der Waals surface area contributed by atoms with Crippen molar-refractivity contribution < 1.29 is 9.53 Å². The Labute approximate surface area is 125 Å². The van der Waals surface area contributed by atoms with E-state index >= 15 is 0 Å². The first kappa shape index (κ1) is 13.5. The maximum Gasteiger partial charge on any atom is 0.338 e. The van der Waals surface area contributed by atoms with Crippen molar-refractivity contribution in [3.63, 3.8) is 0 Å². The summed E-state index contributed by atoms with van der Waals surface area (Å²) >= 11 is 1.64. The molecule has 0 unspecified atom stereocenters. The molecule has 0 saturated heterocycles. The van der Waals surface area contributed by atoms with Gasteiger partial charge in [0.15, 0.2) is 0 Å². The van der Waals surface area contributed by atoms with Gasteiger partial charge in [-0.3, -0.25) is 0 Å². The third-order valence-corrected chi connectivity index (χ3v) is 4.15. The summed E-state index contributed by atoms with van der Waals surface area (Å²) in [6.07, 6.45) is 0. The van der Waals surface area contributed by atoms with Crippen LogP contribution in [-0.4, -0.2) is 5.97 Å². The van der Waals surface area contributed by atoms with Gasteiger partial charge in [-0.2, -0.15) is 0 Å². The van der Waals surface area contributed by atoms with Crippen LogP contribution in [0.25, 0.3) is 10.1 Å². The van der Waals surface area contributed by atoms with E-state index < -0.39 is 5.97 Å². The monoisotopic (exact) mass is 298 g/mol. The van der Waals surface area contributed by atoms with E-state index in [1.165, 1.54) is 4.70 Å². The van der Waals surface area contributed by atoms with Gasteiger partial charge in [0.1, 0.15) is 6.61 Å². The second-order valence-electron chi connectivity index (χ2n) is 4.72. The Hall–Kier alpha value is -2.53. The lowest BCUT2D eigenvalue weighted by Gasteiger charge is -2.06. The highest BCUT2D eigenvalue weighted by atomic mass is 32.1. The quantitative estimate of drug-likeness (QED) is 0.573. The van der Waals surface area contributed by atoms with Crippen LogP contribution < -0.4 is 11.5 Å². The number of thiophene rings is 1. The van der Waals surface area contributed by atoms with Gasteiger partial charge in [-0.1, -0.05) is 18.2 Å². The van der Waals surface area contributed by atoms with Gasteiger partial charge >= 0.3 is 5.97 Å². The highest BCUT2D eigenvalue weighted by Crippen LogP contribution is 2.26. The first-order valence-corrected chi connectivity index (χ1v) is 7.30. The molecule has 3 rings (SSSR count). The van der Waals surface area contributed by atoms with Gasteiger partial charge < -0.3 is 16.2 Å². The van der Waals surface area contributed by atoms with Crippen LogP contribution in [0.5, 0.6) is 0 Å². The number of fused-ring (bicyclic) bond motifs is 1. The predicted molar refractivity (Wildman–Crippen MR) is 86.2 cm³/mol. The third-order valence-electron chi connectivity index (χ3n) is 3.13. The first-order valence-electron chi connectivity index (χ1n) is 6.42. The first-order chi connectivity index (χ1) is 10.1. The molecule has 106 valence electrons. The molecular weight excluding hydrogens is 284 g/mol. The zero-order valence-electron chi connectivity index (χ0n) is 11.2. The summed E-state index contributed by atoms with van der Waals surface area (Å²) in [7, 11) is 0. The zero-order chi connectivity index (χ0) is 14.8. The van der Waals surface area contributed by atoms with Gasteiger partial charge in [-0.25, -0.2) is 4.79 Å². The highest BCUT2D eigenvalue weighted by Gasteiger charge is 2.11. The number of esters is 1. The zero-order valence-corrected chi connectivity index (χ0v) is 12.0. The summed E-state index contributed by atoms with van der Waals surface area (Å²) in [5.41, 5.74) is 13.6. The number of benzene rings is 2. The Bertz CT molecular complexity index is 791. The molecule has 2 aromatic carbocycles. The summed E-state index contributed by atoms with van der Waals surface area (Å²) in [6.45, 7) is 0.234. The van der Waals surface area contributed by atoms with E-state index in [0.717, 1.165) is 10.9 Å². The molecule has 1 aromatic heterocycles. The van der Waals surface area contributed by atoms with Crippen molar-refractivity contribution in [2.75, 3.05) is 11.5 Å². The van der Waals surface area contributed by atoms with Gasteiger partial charge in [-0.05, 0) is 35.0 Å². The van der Waals surface area contributed by atoms with Crippen LogP contribution in [-0.2, 0) is 11.3 Å². The lowest BCUT2D eigenvalue weighted by atomic mass is 10.1. The Morgan fingerprint density at radius 1 is 1.10 bits per heavy atom. The molecule has 0 bridgehead atoms. The Kier molecular flexibility index (Phi) is 3.50. The Morgan fingerprint density at radius 2 is 1.81 bits per heavy atom. The van der Waals surface area contributed by atoms with Crippen LogP contribution in [0.2, 0.25) is 0 Å². The number of carbonyl (C=O) groups excluding carboxylic acids is 1. The number of hydrogen-bond donors (Lipinski definition) is 2. The van der Waals surface area contributed by atoms with E-state index in [1.807, 2.05) is 29.6 Å².